The Hall–Kier alpha value is -3.80. The minimum absolute atomic E-state index is 0.0537. The highest BCUT2D eigenvalue weighted by atomic mass is 19.1. The zero-order chi connectivity index (χ0) is 21.3. The number of halogens is 1. The quantitative estimate of drug-likeness (QED) is 0.500. The molecule has 4 rings (SSSR count). The van der Waals surface area contributed by atoms with Crippen molar-refractivity contribution in [2.75, 3.05) is 25.0 Å². The van der Waals surface area contributed by atoms with Crippen molar-refractivity contribution >= 4 is 11.9 Å². The fourth-order valence-electron chi connectivity index (χ4n) is 3.26. The van der Waals surface area contributed by atoms with Crippen LogP contribution in [-0.4, -0.2) is 65.0 Å². The van der Waals surface area contributed by atoms with Crippen LogP contribution in [0.5, 0.6) is 5.75 Å². The molecule has 156 valence electrons. The van der Waals surface area contributed by atoms with Gasteiger partial charge in [-0.05, 0) is 17.7 Å². The molecular formula is C18H18FN7O4. The molecule has 3 aromatic rings. The lowest BCUT2D eigenvalue weighted by molar-refractivity contribution is 0.0698. The van der Waals surface area contributed by atoms with Gasteiger partial charge in [-0.3, -0.25) is 14.2 Å². The van der Waals surface area contributed by atoms with Gasteiger partial charge in [0.15, 0.2) is 5.69 Å². The van der Waals surface area contributed by atoms with Crippen LogP contribution in [0.25, 0.3) is 5.69 Å². The number of nitrogens with zero attached hydrogens (tertiary/aromatic N) is 6. The standard InChI is InChI=1S/C18H18FN7O4/c19-12-2-1-11(13(7-12)26-10-20-9-22-26)8-24(5-6-27)16(29)14-15(28)17(30)25-4-3-21-18(25)23-14/h1-2,7,9-10,27-28H,3-6,8H2,(H,21,23). The first kappa shape index (κ1) is 19.5. The van der Waals surface area contributed by atoms with Gasteiger partial charge in [0, 0.05) is 26.2 Å². The first-order chi connectivity index (χ1) is 14.5. The van der Waals surface area contributed by atoms with E-state index in [9.17, 15) is 24.2 Å². The van der Waals surface area contributed by atoms with Gasteiger partial charge in [-0.2, -0.15) is 5.10 Å². The van der Waals surface area contributed by atoms with Crippen molar-refractivity contribution in [1.82, 2.24) is 29.2 Å². The number of carbonyl (C=O) groups is 1. The first-order valence-electron chi connectivity index (χ1n) is 9.11. The number of hydrogen-bond donors (Lipinski definition) is 3. The summed E-state index contributed by atoms with van der Waals surface area (Å²) in [7, 11) is 0. The second kappa shape index (κ2) is 7.91. The molecule has 0 unspecified atom stereocenters. The number of aromatic hydroxyl groups is 1. The Morgan fingerprint density at radius 2 is 2.20 bits per heavy atom. The number of benzene rings is 1. The predicted molar refractivity (Wildman–Crippen MR) is 102 cm³/mol. The van der Waals surface area contributed by atoms with Crippen LogP contribution in [0.3, 0.4) is 0 Å². The number of aliphatic hydroxyl groups is 1. The highest BCUT2D eigenvalue weighted by molar-refractivity contribution is 5.95. The molecule has 3 heterocycles. The molecule has 1 aliphatic rings. The number of aromatic nitrogens is 5. The highest BCUT2D eigenvalue weighted by Gasteiger charge is 2.27. The van der Waals surface area contributed by atoms with Gasteiger partial charge in [-0.15, -0.1) is 0 Å². The lowest BCUT2D eigenvalue weighted by atomic mass is 10.1. The first-order valence-corrected chi connectivity index (χ1v) is 9.11. The third-order valence-electron chi connectivity index (χ3n) is 4.70. The molecule has 3 N–H and O–H groups in total. The molecule has 0 spiro atoms. The van der Waals surface area contributed by atoms with Crippen molar-refractivity contribution in [3.63, 3.8) is 0 Å². The molecule has 2 aromatic heterocycles. The van der Waals surface area contributed by atoms with E-state index in [4.69, 9.17) is 0 Å². The van der Waals surface area contributed by atoms with E-state index < -0.39 is 28.7 Å². The van der Waals surface area contributed by atoms with Gasteiger partial charge in [0.2, 0.25) is 11.7 Å². The minimum atomic E-state index is -0.758. The largest absolute Gasteiger partial charge is 0.501 e. The van der Waals surface area contributed by atoms with Crippen LogP contribution >= 0.6 is 0 Å². The molecule has 1 aliphatic heterocycles. The van der Waals surface area contributed by atoms with Crippen LogP contribution < -0.4 is 10.9 Å². The van der Waals surface area contributed by atoms with E-state index in [0.29, 0.717) is 24.3 Å². The second-order valence-corrected chi connectivity index (χ2v) is 6.58. The number of hydrogen-bond acceptors (Lipinski definition) is 8. The number of nitrogens with one attached hydrogen (secondary N) is 1. The fraction of sp³-hybridized carbons (Fsp3) is 0.278. The zero-order valence-corrected chi connectivity index (χ0v) is 15.7. The van der Waals surface area contributed by atoms with Gasteiger partial charge in [-0.1, -0.05) is 6.07 Å². The van der Waals surface area contributed by atoms with Gasteiger partial charge in [0.05, 0.1) is 12.3 Å². The summed E-state index contributed by atoms with van der Waals surface area (Å²) in [6.45, 7) is 0.271. The maximum Gasteiger partial charge on any atom is 0.298 e. The van der Waals surface area contributed by atoms with Gasteiger partial charge >= 0.3 is 0 Å². The molecule has 0 radical (unpaired) electrons. The van der Waals surface area contributed by atoms with Crippen molar-refractivity contribution in [3.05, 3.63) is 58.3 Å². The number of aliphatic hydroxyl groups excluding tert-OH is 1. The predicted octanol–water partition coefficient (Wildman–Crippen LogP) is -0.271. The Bertz CT molecular complexity index is 1150. The van der Waals surface area contributed by atoms with E-state index >= 15 is 0 Å². The van der Waals surface area contributed by atoms with Crippen LogP contribution in [0.15, 0.2) is 35.6 Å². The summed E-state index contributed by atoms with van der Waals surface area (Å²) in [5.41, 5.74) is -0.267. The Labute approximate surface area is 169 Å². The molecule has 1 aromatic carbocycles. The molecule has 1 amide bonds. The molecule has 0 bridgehead atoms. The van der Waals surface area contributed by atoms with Gasteiger partial charge in [0.25, 0.3) is 11.5 Å². The summed E-state index contributed by atoms with van der Waals surface area (Å²) < 4.78 is 16.4. The molecule has 0 saturated heterocycles. The van der Waals surface area contributed by atoms with E-state index in [1.54, 1.807) is 0 Å². The van der Waals surface area contributed by atoms with E-state index in [1.165, 1.54) is 45.0 Å². The number of carbonyl (C=O) groups excluding carboxylic acids is 1. The number of fused-ring (bicyclic) bond motifs is 1. The lowest BCUT2D eigenvalue weighted by Gasteiger charge is -2.23. The molecule has 30 heavy (non-hydrogen) atoms. The van der Waals surface area contributed by atoms with Crippen LogP contribution in [0.4, 0.5) is 10.3 Å². The third-order valence-corrected chi connectivity index (χ3v) is 4.70. The van der Waals surface area contributed by atoms with E-state index in [0.717, 1.165) is 0 Å². The summed E-state index contributed by atoms with van der Waals surface area (Å²) in [4.78, 5) is 34.5. The zero-order valence-electron chi connectivity index (χ0n) is 15.7. The highest BCUT2D eigenvalue weighted by Crippen LogP contribution is 2.21. The van der Waals surface area contributed by atoms with Crippen LogP contribution in [0.1, 0.15) is 16.1 Å². The molecule has 12 heteroatoms. The Morgan fingerprint density at radius 1 is 1.37 bits per heavy atom. The Balaban J connectivity index is 1.71. The number of amides is 1. The Kier molecular flexibility index (Phi) is 5.14. The summed E-state index contributed by atoms with van der Waals surface area (Å²) in [6, 6.07) is 3.96. The summed E-state index contributed by atoms with van der Waals surface area (Å²) in [6.07, 6.45) is 2.68. The maximum absolute atomic E-state index is 13.8. The van der Waals surface area contributed by atoms with Crippen LogP contribution in [0, 0.1) is 5.82 Å². The molecule has 0 fully saturated rings. The minimum Gasteiger partial charge on any atom is -0.501 e. The monoisotopic (exact) mass is 415 g/mol. The summed E-state index contributed by atoms with van der Waals surface area (Å²) in [5, 5.41) is 26.6. The van der Waals surface area contributed by atoms with Crippen molar-refractivity contribution < 1.29 is 19.4 Å². The van der Waals surface area contributed by atoms with Crippen LogP contribution in [0.2, 0.25) is 0 Å². The van der Waals surface area contributed by atoms with Crippen LogP contribution in [-0.2, 0) is 13.1 Å². The van der Waals surface area contributed by atoms with Crippen molar-refractivity contribution in [1.29, 1.82) is 0 Å². The Morgan fingerprint density at radius 3 is 2.93 bits per heavy atom. The normalized spacial score (nSPS) is 12.5. The summed E-state index contributed by atoms with van der Waals surface area (Å²) >= 11 is 0. The third kappa shape index (κ3) is 3.48. The van der Waals surface area contributed by atoms with E-state index in [1.807, 2.05) is 0 Å². The van der Waals surface area contributed by atoms with Gasteiger partial charge in [-0.25, -0.2) is 19.0 Å². The molecule has 0 atom stereocenters. The number of anilines is 1. The lowest BCUT2D eigenvalue weighted by Crippen LogP contribution is -2.35. The smallest absolute Gasteiger partial charge is 0.298 e. The van der Waals surface area contributed by atoms with E-state index in [2.05, 4.69) is 20.4 Å². The van der Waals surface area contributed by atoms with Crippen molar-refractivity contribution in [2.45, 2.75) is 13.1 Å². The number of rotatable bonds is 6. The second-order valence-electron chi connectivity index (χ2n) is 6.58. The van der Waals surface area contributed by atoms with Crippen molar-refractivity contribution in [3.8, 4) is 11.4 Å². The van der Waals surface area contributed by atoms with Gasteiger partial charge < -0.3 is 20.4 Å². The maximum atomic E-state index is 13.8. The average Bonchev–Trinajstić information content (AvgIpc) is 3.43. The van der Waals surface area contributed by atoms with E-state index in [-0.39, 0.29) is 25.6 Å². The average molecular weight is 415 g/mol. The SMILES string of the molecule is O=C(c1nc2n(c(=O)c1O)CCN2)N(CCO)Cc1ccc(F)cc1-n1cncn1. The van der Waals surface area contributed by atoms with Gasteiger partial charge in [0.1, 0.15) is 18.5 Å². The molecule has 11 nitrogen and oxygen atoms in total. The molecule has 0 saturated carbocycles. The fourth-order valence-corrected chi connectivity index (χ4v) is 3.26. The van der Waals surface area contributed by atoms with Crippen molar-refractivity contribution in [2.24, 2.45) is 0 Å². The molecule has 0 aliphatic carbocycles. The topological polar surface area (TPSA) is 138 Å². The summed E-state index contributed by atoms with van der Waals surface area (Å²) in [5.74, 6) is -1.81. The molecular weight excluding hydrogens is 397 g/mol.